The third-order valence-corrected chi connectivity index (χ3v) is 2.62. The Labute approximate surface area is 83.2 Å². The smallest absolute Gasteiger partial charge is 0.127 e. The average molecular weight is 187 g/mol. The number of aryl methyl sites for hydroxylation is 1. The van der Waals surface area contributed by atoms with E-state index in [1.54, 1.807) is 0 Å². The molecule has 14 heavy (non-hydrogen) atoms. The van der Waals surface area contributed by atoms with Crippen LogP contribution in [0.2, 0.25) is 0 Å². The minimum atomic E-state index is -0.0268. The maximum Gasteiger partial charge on any atom is 0.127 e. The molecule has 0 N–H and O–H groups in total. The molecule has 0 saturated heterocycles. The Morgan fingerprint density at radius 1 is 1.36 bits per heavy atom. The first-order chi connectivity index (χ1) is 6.74. The van der Waals surface area contributed by atoms with Crippen LogP contribution in [-0.4, -0.2) is 10.9 Å². The molecule has 0 radical (unpaired) electrons. The van der Waals surface area contributed by atoms with Crippen LogP contribution in [0.25, 0.3) is 10.9 Å². The van der Waals surface area contributed by atoms with Crippen LogP contribution in [0.15, 0.2) is 30.5 Å². The zero-order valence-corrected chi connectivity index (χ0v) is 8.40. The molecule has 1 aromatic carbocycles. The maximum absolute atomic E-state index is 10.7. The van der Waals surface area contributed by atoms with Crippen LogP contribution < -0.4 is 0 Å². The van der Waals surface area contributed by atoms with Crippen LogP contribution in [0, 0.1) is 0 Å². The van der Waals surface area contributed by atoms with E-state index in [2.05, 4.69) is 16.7 Å². The lowest BCUT2D eigenvalue weighted by atomic mass is 10.0. The van der Waals surface area contributed by atoms with E-state index in [0.29, 0.717) is 0 Å². The Bertz CT molecular complexity index is 470. The minimum Gasteiger partial charge on any atom is -0.350 e. The number of para-hydroxylation sites is 1. The summed E-state index contributed by atoms with van der Waals surface area (Å²) in [5, 5.41) is 1.18. The van der Waals surface area contributed by atoms with Gasteiger partial charge >= 0.3 is 0 Å². The number of aldehydes is 1. The first-order valence-electron chi connectivity index (χ1n) is 4.73. The monoisotopic (exact) mass is 187 g/mol. The number of nitrogens with zero attached hydrogens (tertiary/aromatic N) is 1. The van der Waals surface area contributed by atoms with E-state index in [-0.39, 0.29) is 5.92 Å². The lowest BCUT2D eigenvalue weighted by Crippen LogP contribution is -1.92. The molecule has 1 heterocycles. The number of aromatic nitrogens is 1. The summed E-state index contributed by atoms with van der Waals surface area (Å²) in [7, 11) is 2.00. The summed E-state index contributed by atoms with van der Waals surface area (Å²) in [4.78, 5) is 10.7. The number of carbonyl (C=O) groups is 1. The summed E-state index contributed by atoms with van der Waals surface area (Å²) in [6.45, 7) is 1.93. The van der Waals surface area contributed by atoms with Gasteiger partial charge in [0.25, 0.3) is 0 Å². The summed E-state index contributed by atoms with van der Waals surface area (Å²) in [5.41, 5.74) is 2.29. The molecule has 0 aliphatic carbocycles. The normalized spacial score (nSPS) is 13.0. The molecule has 2 heteroatoms. The van der Waals surface area contributed by atoms with Crippen molar-refractivity contribution in [1.29, 1.82) is 0 Å². The second-order valence-electron chi connectivity index (χ2n) is 3.64. The van der Waals surface area contributed by atoms with Gasteiger partial charge in [0, 0.05) is 30.1 Å². The molecule has 1 unspecified atom stereocenters. The van der Waals surface area contributed by atoms with Gasteiger partial charge in [-0.1, -0.05) is 25.1 Å². The Morgan fingerprint density at radius 2 is 2.07 bits per heavy atom. The highest BCUT2D eigenvalue weighted by molar-refractivity contribution is 5.87. The maximum atomic E-state index is 10.7. The van der Waals surface area contributed by atoms with Gasteiger partial charge in [-0.2, -0.15) is 0 Å². The second kappa shape index (κ2) is 3.29. The molecule has 2 aromatic rings. The molecule has 0 amide bonds. The van der Waals surface area contributed by atoms with E-state index in [9.17, 15) is 4.79 Å². The van der Waals surface area contributed by atoms with Crippen molar-refractivity contribution in [3.8, 4) is 0 Å². The molecule has 0 bridgehead atoms. The molecule has 0 spiro atoms. The zero-order valence-electron chi connectivity index (χ0n) is 8.40. The van der Waals surface area contributed by atoms with Crippen LogP contribution in [0.3, 0.4) is 0 Å². The largest absolute Gasteiger partial charge is 0.350 e. The molecular weight excluding hydrogens is 174 g/mol. The Morgan fingerprint density at radius 3 is 2.79 bits per heavy atom. The van der Waals surface area contributed by atoms with Crippen molar-refractivity contribution in [2.75, 3.05) is 0 Å². The standard InChI is InChI=1S/C12H13NO/c1-9(8-14)11-7-13(2)12-6-4-3-5-10(11)12/h3-9H,1-2H3. The number of benzene rings is 1. The van der Waals surface area contributed by atoms with Gasteiger partial charge in [-0.3, -0.25) is 0 Å². The second-order valence-corrected chi connectivity index (χ2v) is 3.64. The molecule has 2 nitrogen and oxygen atoms in total. The fraction of sp³-hybridized carbons (Fsp3) is 0.250. The summed E-state index contributed by atoms with van der Waals surface area (Å²) in [6, 6.07) is 8.14. The number of hydrogen-bond acceptors (Lipinski definition) is 1. The molecule has 2 rings (SSSR count). The summed E-state index contributed by atoms with van der Waals surface area (Å²) >= 11 is 0. The molecule has 1 atom stereocenters. The quantitative estimate of drug-likeness (QED) is 0.662. The SMILES string of the molecule is CC(C=O)c1cn(C)c2ccccc12. The van der Waals surface area contributed by atoms with Crippen molar-refractivity contribution in [2.45, 2.75) is 12.8 Å². The van der Waals surface area contributed by atoms with Crippen LogP contribution in [0.1, 0.15) is 18.4 Å². The fourth-order valence-corrected chi connectivity index (χ4v) is 1.81. The predicted molar refractivity (Wildman–Crippen MR) is 57.4 cm³/mol. The van der Waals surface area contributed by atoms with Gasteiger partial charge in [0.15, 0.2) is 0 Å². The topological polar surface area (TPSA) is 22.0 Å². The van der Waals surface area contributed by atoms with E-state index < -0.39 is 0 Å². The molecule has 0 fully saturated rings. The number of hydrogen-bond donors (Lipinski definition) is 0. The van der Waals surface area contributed by atoms with Gasteiger partial charge < -0.3 is 9.36 Å². The van der Waals surface area contributed by atoms with Gasteiger partial charge in [-0.05, 0) is 11.6 Å². The lowest BCUT2D eigenvalue weighted by molar-refractivity contribution is -0.108. The van der Waals surface area contributed by atoms with E-state index in [0.717, 1.165) is 11.8 Å². The zero-order chi connectivity index (χ0) is 10.1. The first-order valence-corrected chi connectivity index (χ1v) is 4.73. The highest BCUT2D eigenvalue weighted by Gasteiger charge is 2.11. The molecule has 0 aliphatic heterocycles. The molecule has 1 aromatic heterocycles. The molecule has 0 aliphatic rings. The summed E-state index contributed by atoms with van der Waals surface area (Å²) in [5.74, 6) is -0.0268. The van der Waals surface area contributed by atoms with Crippen LogP contribution in [-0.2, 0) is 11.8 Å². The Kier molecular flexibility index (Phi) is 2.12. The van der Waals surface area contributed by atoms with Gasteiger partial charge in [-0.15, -0.1) is 0 Å². The van der Waals surface area contributed by atoms with Crippen molar-refractivity contribution in [3.05, 3.63) is 36.0 Å². The first kappa shape index (κ1) is 9.00. The van der Waals surface area contributed by atoms with Gasteiger partial charge in [-0.25, -0.2) is 0 Å². The fourth-order valence-electron chi connectivity index (χ4n) is 1.81. The predicted octanol–water partition coefficient (Wildman–Crippen LogP) is 2.48. The summed E-state index contributed by atoms with van der Waals surface area (Å²) in [6.07, 6.45) is 3.02. The van der Waals surface area contributed by atoms with E-state index >= 15 is 0 Å². The van der Waals surface area contributed by atoms with Crippen molar-refractivity contribution in [2.24, 2.45) is 7.05 Å². The van der Waals surface area contributed by atoms with Crippen LogP contribution in [0.4, 0.5) is 0 Å². The minimum absolute atomic E-state index is 0.0268. The van der Waals surface area contributed by atoms with Crippen LogP contribution >= 0.6 is 0 Å². The number of carbonyl (C=O) groups excluding carboxylic acids is 1. The van der Waals surface area contributed by atoms with Crippen molar-refractivity contribution in [3.63, 3.8) is 0 Å². The van der Waals surface area contributed by atoms with Gasteiger partial charge in [0.05, 0.1) is 0 Å². The van der Waals surface area contributed by atoms with E-state index in [1.165, 1.54) is 10.9 Å². The third kappa shape index (κ3) is 1.23. The lowest BCUT2D eigenvalue weighted by Gasteiger charge is -1.99. The number of rotatable bonds is 2. The Balaban J connectivity index is 2.72. The average Bonchev–Trinajstić information content (AvgIpc) is 2.56. The van der Waals surface area contributed by atoms with E-state index in [4.69, 9.17) is 0 Å². The molecule has 72 valence electrons. The van der Waals surface area contributed by atoms with Gasteiger partial charge in [0.1, 0.15) is 6.29 Å². The van der Waals surface area contributed by atoms with Crippen molar-refractivity contribution in [1.82, 2.24) is 4.57 Å². The van der Waals surface area contributed by atoms with Crippen molar-refractivity contribution < 1.29 is 4.79 Å². The van der Waals surface area contributed by atoms with E-state index in [1.807, 2.05) is 32.3 Å². The third-order valence-electron chi connectivity index (χ3n) is 2.62. The number of fused-ring (bicyclic) bond motifs is 1. The van der Waals surface area contributed by atoms with Crippen LogP contribution in [0.5, 0.6) is 0 Å². The van der Waals surface area contributed by atoms with Crippen molar-refractivity contribution >= 4 is 17.2 Å². The summed E-state index contributed by atoms with van der Waals surface area (Å²) < 4.78 is 2.06. The highest BCUT2D eigenvalue weighted by atomic mass is 16.1. The highest BCUT2D eigenvalue weighted by Crippen LogP contribution is 2.25. The Hall–Kier alpha value is -1.57. The molecule has 0 saturated carbocycles. The molecular formula is C12H13NO. The van der Waals surface area contributed by atoms with Gasteiger partial charge in [0.2, 0.25) is 0 Å².